The van der Waals surface area contributed by atoms with E-state index in [1.54, 1.807) is 6.08 Å². The molecule has 1 aliphatic rings. The maximum Gasteiger partial charge on any atom is 0.205 e. The lowest BCUT2D eigenvalue weighted by Crippen LogP contribution is -2.52. The molecule has 0 aliphatic carbocycles. The molecule has 0 saturated carbocycles. The van der Waals surface area contributed by atoms with Gasteiger partial charge >= 0.3 is 0 Å². The normalized spacial score (nSPS) is 14.9. The largest absolute Gasteiger partial charge is 0.489 e. The van der Waals surface area contributed by atoms with Crippen LogP contribution >= 0.6 is 11.5 Å². The van der Waals surface area contributed by atoms with Crippen molar-refractivity contribution in [1.29, 1.82) is 0 Å². The molecule has 0 bridgehead atoms. The van der Waals surface area contributed by atoms with Gasteiger partial charge in [-0.2, -0.15) is 4.37 Å². The second-order valence-corrected chi connectivity index (χ2v) is 7.16. The average molecular weight is 401 g/mol. The van der Waals surface area contributed by atoms with E-state index in [9.17, 15) is 0 Å². The van der Waals surface area contributed by atoms with E-state index in [1.807, 2.05) is 25.2 Å². The molecule has 8 heteroatoms. The molecule has 150 valence electrons. The molecule has 1 saturated heterocycles. The van der Waals surface area contributed by atoms with Crippen molar-refractivity contribution >= 4 is 22.6 Å². The number of guanidine groups is 1. The van der Waals surface area contributed by atoms with Crippen LogP contribution in [0.1, 0.15) is 18.3 Å². The SMILES string of the molecule is C=CCOc1ccccc1CNC(=NC)N1CCN(c2nc(CC)ns2)CC1. The molecule has 28 heavy (non-hydrogen) atoms. The van der Waals surface area contributed by atoms with Crippen molar-refractivity contribution in [3.05, 3.63) is 48.3 Å². The zero-order chi connectivity index (χ0) is 19.8. The Bertz CT molecular complexity index is 797. The monoisotopic (exact) mass is 400 g/mol. The highest BCUT2D eigenvalue weighted by molar-refractivity contribution is 7.09. The molecule has 1 fully saturated rings. The molecule has 2 aromatic rings. The molecular weight excluding hydrogens is 372 g/mol. The van der Waals surface area contributed by atoms with Crippen molar-refractivity contribution in [3.8, 4) is 5.75 Å². The molecule has 1 aromatic carbocycles. The third-order valence-electron chi connectivity index (χ3n) is 4.60. The first kappa shape index (κ1) is 20.1. The van der Waals surface area contributed by atoms with Crippen LogP contribution in [0, 0.1) is 0 Å². The summed E-state index contributed by atoms with van der Waals surface area (Å²) in [5.74, 6) is 2.71. The smallest absolute Gasteiger partial charge is 0.205 e. The second kappa shape index (κ2) is 10.1. The van der Waals surface area contributed by atoms with Crippen LogP contribution in [0.4, 0.5) is 5.13 Å². The van der Waals surface area contributed by atoms with Gasteiger partial charge in [-0.1, -0.05) is 37.8 Å². The predicted octanol–water partition coefficient (Wildman–Crippen LogP) is 2.56. The van der Waals surface area contributed by atoms with Crippen LogP contribution in [0.2, 0.25) is 0 Å². The van der Waals surface area contributed by atoms with Gasteiger partial charge in [0.1, 0.15) is 18.2 Å². The standard InChI is InChI=1S/C20H28N6OS/c1-4-14-27-17-9-7-6-8-16(17)15-22-19(21-3)25-10-12-26(13-11-25)20-23-18(5-2)24-28-20/h4,6-9H,1,5,10-15H2,2-3H3,(H,21,22). The van der Waals surface area contributed by atoms with Gasteiger partial charge in [0.05, 0.1) is 0 Å². The van der Waals surface area contributed by atoms with Gasteiger partial charge in [0.25, 0.3) is 0 Å². The van der Waals surface area contributed by atoms with Crippen LogP contribution in [0.5, 0.6) is 5.75 Å². The lowest BCUT2D eigenvalue weighted by molar-refractivity contribution is 0.356. The summed E-state index contributed by atoms with van der Waals surface area (Å²) in [6.45, 7) is 10.6. The molecule has 1 aromatic heterocycles. The highest BCUT2D eigenvalue weighted by Gasteiger charge is 2.22. The topological polar surface area (TPSA) is 65.9 Å². The summed E-state index contributed by atoms with van der Waals surface area (Å²) < 4.78 is 10.1. The molecule has 0 amide bonds. The van der Waals surface area contributed by atoms with Crippen LogP contribution in [-0.2, 0) is 13.0 Å². The van der Waals surface area contributed by atoms with E-state index in [1.165, 1.54) is 11.5 Å². The van der Waals surface area contributed by atoms with E-state index in [0.717, 1.165) is 60.8 Å². The summed E-state index contributed by atoms with van der Waals surface area (Å²) in [6.07, 6.45) is 2.63. The molecule has 7 nitrogen and oxygen atoms in total. The Morgan fingerprint density at radius 1 is 1.32 bits per heavy atom. The molecule has 2 heterocycles. The minimum atomic E-state index is 0.499. The average Bonchev–Trinajstić information content (AvgIpc) is 3.23. The summed E-state index contributed by atoms with van der Waals surface area (Å²) >= 11 is 1.49. The van der Waals surface area contributed by atoms with Crippen LogP contribution in [0.15, 0.2) is 41.9 Å². The number of nitrogens with one attached hydrogen (secondary N) is 1. The summed E-state index contributed by atoms with van der Waals surface area (Å²) in [5, 5.41) is 4.49. The number of ether oxygens (including phenoxy) is 1. The van der Waals surface area contributed by atoms with Crippen molar-refractivity contribution < 1.29 is 4.74 Å². The van der Waals surface area contributed by atoms with E-state index in [0.29, 0.717) is 13.2 Å². The fourth-order valence-electron chi connectivity index (χ4n) is 3.07. The van der Waals surface area contributed by atoms with E-state index in [-0.39, 0.29) is 0 Å². The number of hydrogen-bond acceptors (Lipinski definition) is 6. The van der Waals surface area contributed by atoms with Gasteiger partial charge < -0.3 is 19.9 Å². The summed E-state index contributed by atoms with van der Waals surface area (Å²) in [4.78, 5) is 13.7. The Morgan fingerprint density at radius 2 is 2.11 bits per heavy atom. The quantitative estimate of drug-likeness (QED) is 0.438. The third-order valence-corrected chi connectivity index (χ3v) is 5.42. The Labute approximate surface area is 170 Å². The maximum atomic E-state index is 5.74. The molecule has 1 aliphatic heterocycles. The lowest BCUT2D eigenvalue weighted by atomic mass is 10.2. The van der Waals surface area contributed by atoms with Crippen LogP contribution < -0.4 is 15.0 Å². The molecule has 0 spiro atoms. The van der Waals surface area contributed by atoms with Crippen LogP contribution in [0.3, 0.4) is 0 Å². The first-order valence-electron chi connectivity index (χ1n) is 9.59. The summed E-state index contributed by atoms with van der Waals surface area (Å²) in [5.41, 5.74) is 1.10. The van der Waals surface area contributed by atoms with Crippen molar-refractivity contribution in [2.75, 3.05) is 44.7 Å². The van der Waals surface area contributed by atoms with Gasteiger partial charge in [0.15, 0.2) is 5.96 Å². The van der Waals surface area contributed by atoms with Crippen LogP contribution in [-0.4, -0.2) is 60.1 Å². The summed E-state index contributed by atoms with van der Waals surface area (Å²) in [6, 6.07) is 8.05. The van der Waals surface area contributed by atoms with Gasteiger partial charge in [-0.3, -0.25) is 4.99 Å². The minimum Gasteiger partial charge on any atom is -0.489 e. The number of para-hydroxylation sites is 1. The Hall–Kier alpha value is -2.61. The zero-order valence-corrected chi connectivity index (χ0v) is 17.4. The highest BCUT2D eigenvalue weighted by Crippen LogP contribution is 2.20. The lowest BCUT2D eigenvalue weighted by Gasteiger charge is -2.36. The Morgan fingerprint density at radius 3 is 2.79 bits per heavy atom. The van der Waals surface area contributed by atoms with Gasteiger partial charge in [0, 0.05) is 63.3 Å². The number of aliphatic imine (C=N–C) groups is 1. The van der Waals surface area contributed by atoms with E-state index >= 15 is 0 Å². The molecule has 1 N–H and O–H groups in total. The number of nitrogens with zero attached hydrogens (tertiary/aromatic N) is 5. The van der Waals surface area contributed by atoms with Gasteiger partial charge in [-0.05, 0) is 6.07 Å². The molecule has 0 radical (unpaired) electrons. The van der Waals surface area contributed by atoms with Crippen LogP contribution in [0.25, 0.3) is 0 Å². The van der Waals surface area contributed by atoms with Crippen molar-refractivity contribution in [2.24, 2.45) is 4.99 Å². The number of piperazine rings is 1. The third kappa shape index (κ3) is 5.01. The minimum absolute atomic E-state index is 0.499. The fourth-order valence-corrected chi connectivity index (χ4v) is 3.87. The Balaban J connectivity index is 1.55. The van der Waals surface area contributed by atoms with E-state index in [2.05, 4.69) is 49.0 Å². The van der Waals surface area contributed by atoms with Crippen molar-refractivity contribution in [2.45, 2.75) is 19.9 Å². The number of hydrogen-bond donors (Lipinski definition) is 1. The summed E-state index contributed by atoms with van der Waals surface area (Å²) in [7, 11) is 1.83. The number of benzene rings is 1. The van der Waals surface area contributed by atoms with E-state index < -0.39 is 0 Å². The number of aryl methyl sites for hydroxylation is 1. The number of aromatic nitrogens is 2. The molecular formula is C20H28N6OS. The Kier molecular flexibility index (Phi) is 7.25. The van der Waals surface area contributed by atoms with Gasteiger partial charge in [0.2, 0.25) is 5.13 Å². The van der Waals surface area contributed by atoms with Gasteiger partial charge in [-0.25, -0.2) is 4.98 Å². The molecule has 3 rings (SSSR count). The van der Waals surface area contributed by atoms with E-state index in [4.69, 9.17) is 4.74 Å². The first-order chi connectivity index (χ1) is 13.7. The number of rotatable bonds is 7. The van der Waals surface area contributed by atoms with Crippen molar-refractivity contribution in [1.82, 2.24) is 19.6 Å². The predicted molar refractivity (Wildman–Crippen MR) is 115 cm³/mol. The maximum absolute atomic E-state index is 5.74. The first-order valence-corrected chi connectivity index (χ1v) is 10.4. The van der Waals surface area contributed by atoms with Gasteiger partial charge in [-0.15, -0.1) is 0 Å². The zero-order valence-electron chi connectivity index (χ0n) is 16.6. The molecule has 0 unspecified atom stereocenters. The molecule has 0 atom stereocenters. The fraction of sp³-hybridized carbons (Fsp3) is 0.450. The number of anilines is 1. The second-order valence-electron chi connectivity index (χ2n) is 6.43. The highest BCUT2D eigenvalue weighted by atomic mass is 32.1. The van der Waals surface area contributed by atoms with Crippen molar-refractivity contribution in [3.63, 3.8) is 0 Å².